The largest absolute Gasteiger partial charge is 0.492 e. The van der Waals surface area contributed by atoms with Crippen LogP contribution in [0.5, 0.6) is 5.75 Å². The van der Waals surface area contributed by atoms with Gasteiger partial charge in [-0.25, -0.2) is 0 Å². The minimum Gasteiger partial charge on any atom is -0.492 e. The van der Waals surface area contributed by atoms with E-state index in [9.17, 15) is 0 Å². The van der Waals surface area contributed by atoms with E-state index in [1.807, 2.05) is 30.3 Å². The van der Waals surface area contributed by atoms with Crippen molar-refractivity contribution < 1.29 is 4.74 Å². The first-order chi connectivity index (χ1) is 9.38. The Balaban J connectivity index is 1.77. The van der Waals surface area contributed by atoms with Crippen LogP contribution in [0.4, 0.5) is 0 Å². The van der Waals surface area contributed by atoms with E-state index in [1.165, 1.54) is 5.56 Å². The molecule has 2 rings (SSSR count). The summed E-state index contributed by atoms with van der Waals surface area (Å²) in [7, 11) is 0. The maximum atomic E-state index is 5.73. The molecule has 0 spiro atoms. The van der Waals surface area contributed by atoms with E-state index in [1.54, 1.807) is 0 Å². The molecule has 2 aromatic rings. The van der Waals surface area contributed by atoms with Crippen molar-refractivity contribution in [3.8, 4) is 5.75 Å². The lowest BCUT2D eigenvalue weighted by molar-refractivity contribution is 0.210. The number of hydrogen-bond acceptors (Lipinski definition) is 2. The highest BCUT2D eigenvalue weighted by Gasteiger charge is 2.03. The van der Waals surface area contributed by atoms with Crippen LogP contribution >= 0.6 is 0 Å². The van der Waals surface area contributed by atoms with Crippen LogP contribution in [0.3, 0.4) is 0 Å². The van der Waals surface area contributed by atoms with Crippen molar-refractivity contribution in [3.05, 3.63) is 66.2 Å². The maximum Gasteiger partial charge on any atom is 0.119 e. The summed E-state index contributed by atoms with van der Waals surface area (Å²) in [5.41, 5.74) is 1.35. The van der Waals surface area contributed by atoms with Crippen molar-refractivity contribution in [2.24, 2.45) is 0 Å². The zero-order chi connectivity index (χ0) is 13.3. The van der Waals surface area contributed by atoms with Crippen molar-refractivity contribution in [1.29, 1.82) is 0 Å². The average molecular weight is 255 g/mol. The molecule has 100 valence electrons. The molecule has 0 amide bonds. The Morgan fingerprint density at radius 3 is 2.16 bits per heavy atom. The predicted molar refractivity (Wildman–Crippen MR) is 79.3 cm³/mol. The predicted octanol–water partition coefficient (Wildman–Crippen LogP) is 3.59. The zero-order valence-electron chi connectivity index (χ0n) is 11.5. The topological polar surface area (TPSA) is 12.5 Å². The Kier molecular flexibility index (Phi) is 5.45. The summed E-state index contributed by atoms with van der Waals surface area (Å²) in [4.78, 5) is 2.39. The van der Waals surface area contributed by atoms with Gasteiger partial charge in [-0.3, -0.25) is 4.90 Å². The Hall–Kier alpha value is -1.80. The first-order valence-corrected chi connectivity index (χ1v) is 6.82. The molecule has 0 aliphatic rings. The number of likely N-dealkylation sites (N-methyl/N-ethyl adjacent to an activating group) is 1. The molecule has 19 heavy (non-hydrogen) atoms. The number of nitrogens with zero attached hydrogens (tertiary/aromatic N) is 1. The van der Waals surface area contributed by atoms with Crippen LogP contribution in [-0.2, 0) is 6.54 Å². The monoisotopic (exact) mass is 255 g/mol. The van der Waals surface area contributed by atoms with E-state index < -0.39 is 0 Å². The first kappa shape index (κ1) is 13.6. The molecular weight excluding hydrogens is 234 g/mol. The quantitative estimate of drug-likeness (QED) is 0.749. The van der Waals surface area contributed by atoms with Crippen LogP contribution in [0.15, 0.2) is 60.7 Å². The molecule has 2 aromatic carbocycles. The van der Waals surface area contributed by atoms with Crippen LogP contribution in [-0.4, -0.2) is 24.6 Å². The first-order valence-electron chi connectivity index (χ1n) is 6.82. The highest BCUT2D eigenvalue weighted by Crippen LogP contribution is 2.09. The molecule has 2 nitrogen and oxygen atoms in total. The molecule has 0 bridgehead atoms. The van der Waals surface area contributed by atoms with E-state index in [-0.39, 0.29) is 0 Å². The van der Waals surface area contributed by atoms with Gasteiger partial charge in [-0.15, -0.1) is 0 Å². The Morgan fingerprint density at radius 1 is 0.895 bits per heavy atom. The van der Waals surface area contributed by atoms with E-state index in [4.69, 9.17) is 4.74 Å². The minimum absolute atomic E-state index is 0.727. The van der Waals surface area contributed by atoms with Crippen molar-refractivity contribution in [1.82, 2.24) is 4.90 Å². The van der Waals surface area contributed by atoms with Gasteiger partial charge in [-0.2, -0.15) is 0 Å². The van der Waals surface area contributed by atoms with Gasteiger partial charge in [0, 0.05) is 13.1 Å². The highest BCUT2D eigenvalue weighted by molar-refractivity contribution is 5.20. The summed E-state index contributed by atoms with van der Waals surface area (Å²) in [6, 6.07) is 20.5. The van der Waals surface area contributed by atoms with Crippen LogP contribution < -0.4 is 4.74 Å². The fourth-order valence-corrected chi connectivity index (χ4v) is 2.00. The summed E-state index contributed by atoms with van der Waals surface area (Å²) in [6.07, 6.45) is 0. The molecule has 0 saturated carbocycles. The van der Waals surface area contributed by atoms with Crippen LogP contribution in [0.2, 0.25) is 0 Å². The molecular formula is C17H21NO. The van der Waals surface area contributed by atoms with Gasteiger partial charge in [-0.1, -0.05) is 55.5 Å². The normalized spacial score (nSPS) is 10.6. The van der Waals surface area contributed by atoms with Gasteiger partial charge in [0.15, 0.2) is 0 Å². The van der Waals surface area contributed by atoms with E-state index in [0.29, 0.717) is 0 Å². The summed E-state index contributed by atoms with van der Waals surface area (Å²) in [5, 5.41) is 0. The van der Waals surface area contributed by atoms with Gasteiger partial charge in [0.05, 0.1) is 0 Å². The number of benzene rings is 2. The van der Waals surface area contributed by atoms with Crippen LogP contribution in [0, 0.1) is 0 Å². The third-order valence-corrected chi connectivity index (χ3v) is 3.12. The third kappa shape index (κ3) is 4.76. The molecule has 0 saturated heterocycles. The van der Waals surface area contributed by atoms with Gasteiger partial charge in [0.25, 0.3) is 0 Å². The van der Waals surface area contributed by atoms with Gasteiger partial charge in [0.1, 0.15) is 12.4 Å². The summed E-state index contributed by atoms with van der Waals surface area (Å²) in [6.45, 7) is 5.87. The van der Waals surface area contributed by atoms with Gasteiger partial charge >= 0.3 is 0 Å². The second-order valence-corrected chi connectivity index (χ2v) is 4.52. The Morgan fingerprint density at radius 2 is 1.53 bits per heavy atom. The van der Waals surface area contributed by atoms with Crippen LogP contribution in [0.1, 0.15) is 12.5 Å². The standard InChI is InChI=1S/C17H21NO/c1-2-18(15-16-9-5-3-6-10-16)13-14-19-17-11-7-4-8-12-17/h3-12H,2,13-15H2,1H3. The maximum absolute atomic E-state index is 5.73. The molecule has 2 heteroatoms. The van der Waals surface area contributed by atoms with Crippen molar-refractivity contribution >= 4 is 0 Å². The zero-order valence-corrected chi connectivity index (χ0v) is 11.5. The van der Waals surface area contributed by atoms with Crippen molar-refractivity contribution in [2.75, 3.05) is 19.7 Å². The van der Waals surface area contributed by atoms with E-state index in [2.05, 4.69) is 42.2 Å². The van der Waals surface area contributed by atoms with Gasteiger partial charge in [0.2, 0.25) is 0 Å². The fraction of sp³-hybridized carbons (Fsp3) is 0.294. The van der Waals surface area contributed by atoms with E-state index >= 15 is 0 Å². The van der Waals surface area contributed by atoms with Gasteiger partial charge in [-0.05, 0) is 24.2 Å². The summed E-state index contributed by atoms with van der Waals surface area (Å²) < 4.78 is 5.73. The number of para-hydroxylation sites is 1. The lowest BCUT2D eigenvalue weighted by atomic mass is 10.2. The van der Waals surface area contributed by atoms with Crippen molar-refractivity contribution in [2.45, 2.75) is 13.5 Å². The summed E-state index contributed by atoms with van der Waals surface area (Å²) in [5.74, 6) is 0.943. The number of ether oxygens (including phenoxy) is 1. The lowest BCUT2D eigenvalue weighted by Crippen LogP contribution is -2.27. The molecule has 0 fully saturated rings. The number of hydrogen-bond donors (Lipinski definition) is 0. The average Bonchev–Trinajstić information content (AvgIpc) is 2.48. The summed E-state index contributed by atoms with van der Waals surface area (Å²) >= 11 is 0. The molecule has 0 aliphatic heterocycles. The Bertz CT molecular complexity index is 455. The number of rotatable bonds is 7. The molecule has 0 aromatic heterocycles. The molecule has 0 aliphatic carbocycles. The molecule has 0 atom stereocenters. The molecule has 0 heterocycles. The SMILES string of the molecule is CCN(CCOc1ccccc1)Cc1ccccc1. The second kappa shape index (κ2) is 7.59. The molecule has 0 radical (unpaired) electrons. The smallest absolute Gasteiger partial charge is 0.119 e. The molecule has 0 N–H and O–H groups in total. The molecule has 0 unspecified atom stereocenters. The van der Waals surface area contributed by atoms with E-state index in [0.717, 1.165) is 32.0 Å². The van der Waals surface area contributed by atoms with Crippen molar-refractivity contribution in [3.63, 3.8) is 0 Å². The third-order valence-electron chi connectivity index (χ3n) is 3.12. The Labute approximate surface area is 115 Å². The van der Waals surface area contributed by atoms with Crippen LogP contribution in [0.25, 0.3) is 0 Å². The van der Waals surface area contributed by atoms with Gasteiger partial charge < -0.3 is 4.74 Å². The second-order valence-electron chi connectivity index (χ2n) is 4.52. The highest BCUT2D eigenvalue weighted by atomic mass is 16.5. The fourth-order valence-electron chi connectivity index (χ4n) is 2.00. The minimum atomic E-state index is 0.727. The lowest BCUT2D eigenvalue weighted by Gasteiger charge is -2.20.